The van der Waals surface area contributed by atoms with E-state index in [0.29, 0.717) is 4.96 Å². The fourth-order valence-corrected chi connectivity index (χ4v) is 2.20. The van der Waals surface area contributed by atoms with Crippen molar-refractivity contribution in [2.45, 2.75) is 13.0 Å². The minimum absolute atomic E-state index is 0.0600. The number of fused-ring (bicyclic) bond motifs is 1. The number of esters is 1. The molecule has 2 heterocycles. The van der Waals surface area contributed by atoms with Crippen LogP contribution in [0.5, 0.6) is 0 Å². The number of methoxy groups -OCH3 is 1. The van der Waals surface area contributed by atoms with Gasteiger partial charge in [0, 0.05) is 5.38 Å². The van der Waals surface area contributed by atoms with Crippen molar-refractivity contribution in [3.63, 3.8) is 0 Å². The van der Waals surface area contributed by atoms with Crippen molar-refractivity contribution in [2.75, 3.05) is 12.4 Å². The molecule has 0 saturated carbocycles. The van der Waals surface area contributed by atoms with E-state index in [1.807, 2.05) is 0 Å². The number of thiazole rings is 1. The molecule has 0 aliphatic heterocycles. The number of anilines is 1. The molecule has 0 fully saturated rings. The maximum atomic E-state index is 11.3. The summed E-state index contributed by atoms with van der Waals surface area (Å²) < 4.78 is 5.89. The van der Waals surface area contributed by atoms with Crippen LogP contribution in [-0.2, 0) is 9.53 Å². The van der Waals surface area contributed by atoms with E-state index in [1.165, 1.54) is 22.8 Å². The van der Waals surface area contributed by atoms with Crippen LogP contribution in [0.4, 0.5) is 11.6 Å². The Balaban J connectivity index is 2.38. The third-order valence-electron chi connectivity index (χ3n) is 2.32. The maximum Gasteiger partial charge on any atom is 0.372 e. The van der Waals surface area contributed by atoms with Crippen molar-refractivity contribution >= 4 is 33.9 Å². The van der Waals surface area contributed by atoms with Crippen LogP contribution in [0.15, 0.2) is 11.6 Å². The molecule has 0 aliphatic rings. The van der Waals surface area contributed by atoms with E-state index >= 15 is 0 Å². The third kappa shape index (κ3) is 1.99. The summed E-state index contributed by atoms with van der Waals surface area (Å²) in [4.78, 5) is 26.3. The molecule has 96 valence electrons. The van der Waals surface area contributed by atoms with Gasteiger partial charge in [-0.3, -0.25) is 0 Å². The highest BCUT2D eigenvalue weighted by Crippen LogP contribution is 2.28. The number of hydrogen-bond donors (Lipinski definition) is 1. The SMILES string of the molecule is COC(=O)C(C)Nc1nc2sccn2c1[N+](=O)[O-]. The average Bonchev–Trinajstić information content (AvgIpc) is 2.86. The van der Waals surface area contributed by atoms with Crippen molar-refractivity contribution in [3.8, 4) is 0 Å². The van der Waals surface area contributed by atoms with Gasteiger partial charge in [-0.15, -0.1) is 0 Å². The van der Waals surface area contributed by atoms with Crippen LogP contribution in [-0.4, -0.2) is 33.4 Å². The van der Waals surface area contributed by atoms with Crippen LogP contribution < -0.4 is 5.32 Å². The monoisotopic (exact) mass is 270 g/mol. The Hall–Kier alpha value is -2.16. The first-order valence-corrected chi connectivity index (χ1v) is 5.87. The first-order valence-electron chi connectivity index (χ1n) is 4.99. The maximum absolute atomic E-state index is 11.3. The number of nitro groups is 1. The fourth-order valence-electron chi connectivity index (χ4n) is 1.49. The van der Waals surface area contributed by atoms with Crippen molar-refractivity contribution in [3.05, 3.63) is 21.7 Å². The number of nitrogens with one attached hydrogen (secondary N) is 1. The molecule has 2 aromatic rings. The van der Waals surface area contributed by atoms with Crippen LogP contribution in [0, 0.1) is 10.1 Å². The van der Waals surface area contributed by atoms with Crippen LogP contribution >= 0.6 is 11.3 Å². The van der Waals surface area contributed by atoms with Crippen LogP contribution in [0.3, 0.4) is 0 Å². The number of hydrogen-bond acceptors (Lipinski definition) is 7. The molecule has 1 N–H and O–H groups in total. The van der Waals surface area contributed by atoms with E-state index in [-0.39, 0.29) is 11.6 Å². The molecule has 0 amide bonds. The van der Waals surface area contributed by atoms with Gasteiger partial charge in [-0.25, -0.2) is 4.79 Å². The minimum Gasteiger partial charge on any atom is -0.467 e. The van der Waals surface area contributed by atoms with Crippen molar-refractivity contribution in [1.82, 2.24) is 9.38 Å². The number of imidazole rings is 1. The molecular formula is C9H10N4O4S. The van der Waals surface area contributed by atoms with Crippen LogP contribution in [0.1, 0.15) is 6.92 Å². The first kappa shape index (κ1) is 12.3. The highest BCUT2D eigenvalue weighted by Gasteiger charge is 2.26. The normalized spacial score (nSPS) is 12.3. The molecule has 0 aromatic carbocycles. The predicted octanol–water partition coefficient (Wildman–Crippen LogP) is 1.28. The summed E-state index contributed by atoms with van der Waals surface area (Å²) in [6.07, 6.45) is 1.55. The van der Waals surface area contributed by atoms with Gasteiger partial charge < -0.3 is 20.2 Å². The predicted molar refractivity (Wildman–Crippen MR) is 64.8 cm³/mol. The Morgan fingerprint density at radius 1 is 1.72 bits per heavy atom. The Kier molecular flexibility index (Phi) is 3.15. The lowest BCUT2D eigenvalue weighted by Gasteiger charge is -2.09. The van der Waals surface area contributed by atoms with Gasteiger partial charge in [-0.2, -0.15) is 9.38 Å². The summed E-state index contributed by atoms with van der Waals surface area (Å²) >= 11 is 1.27. The van der Waals surface area contributed by atoms with E-state index in [0.717, 1.165) is 0 Å². The zero-order chi connectivity index (χ0) is 13.3. The number of rotatable bonds is 4. The van der Waals surface area contributed by atoms with Gasteiger partial charge >= 0.3 is 11.8 Å². The number of carbonyl (C=O) groups excluding carboxylic acids is 1. The lowest BCUT2D eigenvalue weighted by Crippen LogP contribution is -2.27. The molecule has 0 radical (unpaired) electrons. The van der Waals surface area contributed by atoms with Crippen molar-refractivity contribution < 1.29 is 14.5 Å². The molecule has 18 heavy (non-hydrogen) atoms. The molecule has 0 saturated heterocycles. The molecule has 0 bridgehead atoms. The number of aromatic nitrogens is 2. The second-order valence-electron chi connectivity index (χ2n) is 3.49. The summed E-state index contributed by atoms with van der Waals surface area (Å²) in [6.45, 7) is 1.54. The number of ether oxygens (including phenoxy) is 1. The van der Waals surface area contributed by atoms with E-state index in [4.69, 9.17) is 0 Å². The van der Waals surface area contributed by atoms with E-state index in [9.17, 15) is 14.9 Å². The Morgan fingerprint density at radius 2 is 2.44 bits per heavy atom. The van der Waals surface area contributed by atoms with Crippen molar-refractivity contribution in [1.29, 1.82) is 0 Å². The Bertz CT molecular complexity index is 605. The largest absolute Gasteiger partial charge is 0.467 e. The molecule has 2 rings (SSSR count). The van der Waals surface area contributed by atoms with E-state index < -0.39 is 16.9 Å². The lowest BCUT2D eigenvalue weighted by molar-refractivity contribution is -0.389. The second kappa shape index (κ2) is 4.61. The molecule has 8 nitrogen and oxygen atoms in total. The topological polar surface area (TPSA) is 98.8 Å². The molecule has 9 heteroatoms. The van der Waals surface area contributed by atoms with Gasteiger partial charge in [0.2, 0.25) is 5.82 Å². The zero-order valence-electron chi connectivity index (χ0n) is 9.61. The van der Waals surface area contributed by atoms with Gasteiger partial charge in [-0.1, -0.05) is 11.3 Å². The summed E-state index contributed by atoms with van der Waals surface area (Å²) in [5, 5.41) is 15.4. The quantitative estimate of drug-likeness (QED) is 0.510. The highest BCUT2D eigenvalue weighted by molar-refractivity contribution is 7.15. The van der Waals surface area contributed by atoms with E-state index in [2.05, 4.69) is 15.0 Å². The van der Waals surface area contributed by atoms with Crippen LogP contribution in [0.25, 0.3) is 4.96 Å². The molecule has 0 spiro atoms. The minimum atomic E-state index is -0.710. The molecule has 1 unspecified atom stereocenters. The second-order valence-corrected chi connectivity index (χ2v) is 4.36. The number of nitrogens with zero attached hydrogens (tertiary/aromatic N) is 3. The molecule has 2 aromatic heterocycles. The summed E-state index contributed by atoms with van der Waals surface area (Å²) in [5.74, 6) is -0.646. The summed E-state index contributed by atoms with van der Waals surface area (Å²) in [6, 6.07) is -0.710. The Labute approximate surface area is 105 Å². The molecule has 1 atom stereocenters. The van der Waals surface area contributed by atoms with Gasteiger partial charge in [0.25, 0.3) is 4.96 Å². The summed E-state index contributed by atoms with van der Waals surface area (Å²) in [5.41, 5.74) is 0. The van der Waals surface area contributed by atoms with Gasteiger partial charge in [0.15, 0.2) is 0 Å². The third-order valence-corrected chi connectivity index (χ3v) is 3.07. The van der Waals surface area contributed by atoms with E-state index in [1.54, 1.807) is 18.5 Å². The fraction of sp³-hybridized carbons (Fsp3) is 0.333. The molecular weight excluding hydrogens is 260 g/mol. The van der Waals surface area contributed by atoms with Crippen LogP contribution in [0.2, 0.25) is 0 Å². The lowest BCUT2D eigenvalue weighted by atomic mass is 10.3. The number of carbonyl (C=O) groups is 1. The van der Waals surface area contributed by atoms with Gasteiger partial charge in [0.1, 0.15) is 12.2 Å². The van der Waals surface area contributed by atoms with Gasteiger partial charge in [0.05, 0.1) is 7.11 Å². The smallest absolute Gasteiger partial charge is 0.372 e. The molecule has 0 aliphatic carbocycles. The summed E-state index contributed by atoms with van der Waals surface area (Å²) in [7, 11) is 1.25. The zero-order valence-corrected chi connectivity index (χ0v) is 10.4. The average molecular weight is 270 g/mol. The highest BCUT2D eigenvalue weighted by atomic mass is 32.1. The van der Waals surface area contributed by atoms with Gasteiger partial charge in [-0.05, 0) is 11.8 Å². The Morgan fingerprint density at radius 3 is 3.06 bits per heavy atom. The standard InChI is InChI=1S/C9H10N4O4S/c1-5(8(14)17-2)10-6-7(13(15)16)12-3-4-18-9(12)11-6/h3-5,10H,1-2H3. The first-order chi connectivity index (χ1) is 8.54. The van der Waals surface area contributed by atoms with Crippen molar-refractivity contribution in [2.24, 2.45) is 0 Å².